The van der Waals surface area contributed by atoms with E-state index in [4.69, 9.17) is 0 Å². The van der Waals surface area contributed by atoms with Gasteiger partial charge in [-0.3, -0.25) is 20.4 Å². The molecule has 0 aliphatic heterocycles. The van der Waals surface area contributed by atoms with Crippen molar-refractivity contribution in [2.45, 2.75) is 6.42 Å². The quantitative estimate of drug-likeness (QED) is 0.602. The topological polar surface area (TPSA) is 74.0 Å². The van der Waals surface area contributed by atoms with Crippen molar-refractivity contribution >= 4 is 38.6 Å². The van der Waals surface area contributed by atoms with Crippen molar-refractivity contribution in [1.29, 1.82) is 0 Å². The highest BCUT2D eigenvalue weighted by Crippen LogP contribution is 2.18. The normalized spacial score (nSPS) is 10.6. The van der Waals surface area contributed by atoms with E-state index in [0.717, 1.165) is 22.5 Å². The second kappa shape index (κ2) is 6.84. The fourth-order valence-electron chi connectivity index (χ4n) is 2.36. The van der Waals surface area contributed by atoms with Gasteiger partial charge in [0, 0.05) is 21.6 Å². The van der Waals surface area contributed by atoms with E-state index in [0.29, 0.717) is 4.47 Å². The summed E-state index contributed by atoms with van der Waals surface area (Å²) >= 11 is 3.17. The molecule has 0 radical (unpaired) electrons. The number of carbonyl (C=O) groups excluding carboxylic acids is 2. The van der Waals surface area contributed by atoms with Gasteiger partial charge < -0.3 is 4.98 Å². The van der Waals surface area contributed by atoms with Crippen LogP contribution >= 0.6 is 15.9 Å². The van der Waals surface area contributed by atoms with Crippen molar-refractivity contribution in [3.63, 3.8) is 0 Å². The molecule has 24 heavy (non-hydrogen) atoms. The molecular weight excluding hydrogens is 377 g/mol. The van der Waals surface area contributed by atoms with Crippen LogP contribution in [-0.4, -0.2) is 16.8 Å². The van der Waals surface area contributed by atoms with Gasteiger partial charge in [-0.15, -0.1) is 0 Å². The zero-order chi connectivity index (χ0) is 17.1. The Bertz CT molecular complexity index is 923. The Labute approximate surface area is 145 Å². The van der Waals surface area contributed by atoms with Crippen LogP contribution in [0.1, 0.15) is 15.9 Å². The zero-order valence-corrected chi connectivity index (χ0v) is 14.0. The summed E-state index contributed by atoms with van der Waals surface area (Å²) in [5.74, 6) is -1.51. The number of benzene rings is 2. The predicted octanol–water partition coefficient (Wildman–Crippen LogP) is 3.07. The molecule has 122 valence electrons. The molecule has 0 saturated carbocycles. The summed E-state index contributed by atoms with van der Waals surface area (Å²) in [6.07, 6.45) is 1.86. The maximum atomic E-state index is 13.2. The Hall–Kier alpha value is -2.67. The van der Waals surface area contributed by atoms with E-state index < -0.39 is 11.7 Å². The van der Waals surface area contributed by atoms with Gasteiger partial charge in [0.05, 0.1) is 12.0 Å². The third-order valence-corrected chi connectivity index (χ3v) is 4.21. The van der Waals surface area contributed by atoms with Crippen LogP contribution in [0.2, 0.25) is 0 Å². The Balaban J connectivity index is 1.63. The van der Waals surface area contributed by atoms with E-state index in [9.17, 15) is 14.0 Å². The average Bonchev–Trinajstić information content (AvgIpc) is 2.98. The lowest BCUT2D eigenvalue weighted by atomic mass is 10.1. The number of aromatic amines is 1. The molecule has 2 aromatic carbocycles. The maximum absolute atomic E-state index is 13.2. The minimum Gasteiger partial charge on any atom is -0.361 e. The fourth-order valence-corrected chi connectivity index (χ4v) is 2.79. The molecule has 2 amide bonds. The molecule has 7 heteroatoms. The molecule has 0 fully saturated rings. The van der Waals surface area contributed by atoms with Gasteiger partial charge in [0.1, 0.15) is 5.82 Å². The van der Waals surface area contributed by atoms with E-state index in [1.807, 2.05) is 24.3 Å². The van der Waals surface area contributed by atoms with Crippen LogP contribution in [0.5, 0.6) is 0 Å². The zero-order valence-electron chi connectivity index (χ0n) is 12.4. The van der Waals surface area contributed by atoms with Crippen LogP contribution in [0.4, 0.5) is 4.39 Å². The van der Waals surface area contributed by atoms with Crippen molar-refractivity contribution in [1.82, 2.24) is 15.8 Å². The van der Waals surface area contributed by atoms with Gasteiger partial charge in [-0.1, -0.05) is 18.2 Å². The van der Waals surface area contributed by atoms with Crippen molar-refractivity contribution in [2.75, 3.05) is 0 Å². The van der Waals surface area contributed by atoms with Gasteiger partial charge in [0.25, 0.3) is 5.91 Å². The summed E-state index contributed by atoms with van der Waals surface area (Å²) in [6.45, 7) is 0. The number of H-pyrrole nitrogens is 1. The summed E-state index contributed by atoms with van der Waals surface area (Å²) in [7, 11) is 0. The minimum absolute atomic E-state index is 0.0994. The molecule has 3 N–H and O–H groups in total. The highest BCUT2D eigenvalue weighted by molar-refractivity contribution is 9.10. The van der Waals surface area contributed by atoms with Gasteiger partial charge in [0.2, 0.25) is 5.91 Å². The first-order chi connectivity index (χ1) is 11.5. The lowest BCUT2D eigenvalue weighted by Gasteiger charge is -2.08. The van der Waals surface area contributed by atoms with Crippen LogP contribution in [0.3, 0.4) is 0 Å². The molecule has 5 nitrogen and oxygen atoms in total. The number of para-hydroxylation sites is 1. The first-order valence-electron chi connectivity index (χ1n) is 7.14. The minimum atomic E-state index is -0.603. The highest BCUT2D eigenvalue weighted by Gasteiger charge is 2.13. The smallest absolute Gasteiger partial charge is 0.270 e. The molecule has 1 heterocycles. The summed E-state index contributed by atoms with van der Waals surface area (Å²) in [4.78, 5) is 27.1. The standard InChI is InChI=1S/C17H13BrFN3O2/c18-14-6-5-11(19)8-13(14)17(24)22-21-16(23)7-10-9-20-15-4-2-1-3-12(10)15/h1-6,8-9,20H,7H2,(H,21,23)(H,22,24). The number of hydrogen-bond acceptors (Lipinski definition) is 2. The molecule has 0 aliphatic rings. The highest BCUT2D eigenvalue weighted by atomic mass is 79.9. The van der Waals surface area contributed by atoms with Gasteiger partial charge in [-0.2, -0.15) is 0 Å². The number of nitrogens with one attached hydrogen (secondary N) is 3. The van der Waals surface area contributed by atoms with Crippen LogP contribution in [0.15, 0.2) is 53.1 Å². The molecule has 0 aliphatic carbocycles. The molecule has 3 aromatic rings. The maximum Gasteiger partial charge on any atom is 0.270 e. The van der Waals surface area contributed by atoms with Crippen LogP contribution in [0.25, 0.3) is 10.9 Å². The summed E-state index contributed by atoms with van der Waals surface area (Å²) in [5, 5.41) is 0.951. The number of rotatable bonds is 3. The number of hydrazine groups is 1. The average molecular weight is 390 g/mol. The third-order valence-electron chi connectivity index (χ3n) is 3.51. The van der Waals surface area contributed by atoms with Gasteiger partial charge in [-0.05, 0) is 45.8 Å². The van der Waals surface area contributed by atoms with Crippen molar-refractivity contribution in [2.24, 2.45) is 0 Å². The lowest BCUT2D eigenvalue weighted by Crippen LogP contribution is -2.42. The summed E-state index contributed by atoms with van der Waals surface area (Å²) in [6, 6.07) is 11.4. The Kier molecular flexibility index (Phi) is 4.61. The Morgan fingerprint density at radius 3 is 2.75 bits per heavy atom. The lowest BCUT2D eigenvalue weighted by molar-refractivity contribution is -0.121. The molecular formula is C17H13BrFN3O2. The van der Waals surface area contributed by atoms with Crippen molar-refractivity contribution in [3.8, 4) is 0 Å². The molecule has 0 unspecified atom stereocenters. The van der Waals surface area contributed by atoms with Crippen LogP contribution in [-0.2, 0) is 11.2 Å². The summed E-state index contributed by atoms with van der Waals surface area (Å²) < 4.78 is 13.7. The molecule has 0 saturated heterocycles. The van der Waals surface area contributed by atoms with Gasteiger partial charge >= 0.3 is 0 Å². The van der Waals surface area contributed by atoms with Gasteiger partial charge in [0.15, 0.2) is 0 Å². The predicted molar refractivity (Wildman–Crippen MR) is 91.7 cm³/mol. The number of fused-ring (bicyclic) bond motifs is 1. The monoisotopic (exact) mass is 389 g/mol. The van der Waals surface area contributed by atoms with E-state index in [1.165, 1.54) is 12.1 Å². The SMILES string of the molecule is O=C(Cc1c[nH]c2ccccc12)NNC(=O)c1cc(F)ccc1Br. The molecule has 1 aromatic heterocycles. The summed E-state index contributed by atoms with van der Waals surface area (Å²) in [5.41, 5.74) is 6.48. The fraction of sp³-hybridized carbons (Fsp3) is 0.0588. The number of halogens is 2. The van der Waals surface area contributed by atoms with Crippen LogP contribution < -0.4 is 10.9 Å². The molecule has 0 bridgehead atoms. The first kappa shape index (κ1) is 16.2. The number of aromatic nitrogens is 1. The second-order valence-electron chi connectivity index (χ2n) is 5.16. The van der Waals surface area contributed by atoms with E-state index in [-0.39, 0.29) is 17.9 Å². The molecule has 3 rings (SSSR count). The van der Waals surface area contributed by atoms with E-state index in [2.05, 4.69) is 31.8 Å². The third kappa shape index (κ3) is 3.46. The number of hydrogen-bond donors (Lipinski definition) is 3. The van der Waals surface area contributed by atoms with Crippen molar-refractivity contribution < 1.29 is 14.0 Å². The van der Waals surface area contributed by atoms with E-state index in [1.54, 1.807) is 6.20 Å². The number of carbonyl (C=O) groups is 2. The Morgan fingerprint density at radius 2 is 1.92 bits per heavy atom. The second-order valence-corrected chi connectivity index (χ2v) is 6.02. The Morgan fingerprint density at radius 1 is 1.12 bits per heavy atom. The number of amides is 2. The largest absolute Gasteiger partial charge is 0.361 e. The van der Waals surface area contributed by atoms with Crippen molar-refractivity contribution in [3.05, 3.63) is 70.1 Å². The first-order valence-corrected chi connectivity index (χ1v) is 7.93. The molecule has 0 spiro atoms. The van der Waals surface area contributed by atoms with Crippen LogP contribution in [0, 0.1) is 5.82 Å². The molecule has 0 atom stereocenters. The van der Waals surface area contributed by atoms with Gasteiger partial charge in [-0.25, -0.2) is 4.39 Å². The van der Waals surface area contributed by atoms with E-state index >= 15 is 0 Å².